The first-order valence-corrected chi connectivity index (χ1v) is 8.89. The summed E-state index contributed by atoms with van der Waals surface area (Å²) >= 11 is 1.64. The summed E-state index contributed by atoms with van der Waals surface area (Å²) < 4.78 is 2.32. The minimum absolute atomic E-state index is 0.865. The van der Waals surface area contributed by atoms with Crippen LogP contribution < -0.4 is 5.32 Å². The lowest BCUT2D eigenvalue weighted by atomic mass is 10.1. The van der Waals surface area contributed by atoms with Crippen LogP contribution in [-0.4, -0.2) is 16.6 Å². The molecule has 4 rings (SSSR count). The first-order chi connectivity index (χ1) is 11.7. The molecule has 0 aliphatic carbocycles. The fourth-order valence-corrected chi connectivity index (χ4v) is 3.70. The van der Waals surface area contributed by atoms with Gasteiger partial charge in [0.05, 0.1) is 5.69 Å². The van der Waals surface area contributed by atoms with E-state index >= 15 is 0 Å². The number of nitrogens with one attached hydrogen (secondary N) is 1. The summed E-state index contributed by atoms with van der Waals surface area (Å²) in [6.45, 7) is 3.00. The SMILES string of the molecule is CNc1nc(-c2cn(Cc3ccccc3)c3cc(C)ccc23)cs1. The number of nitrogens with zero attached hydrogens (tertiary/aromatic N) is 2. The molecule has 0 bridgehead atoms. The van der Waals surface area contributed by atoms with Crippen LogP contribution in [0.1, 0.15) is 11.1 Å². The van der Waals surface area contributed by atoms with Gasteiger partial charge in [-0.2, -0.15) is 0 Å². The van der Waals surface area contributed by atoms with Gasteiger partial charge >= 0.3 is 0 Å². The third kappa shape index (κ3) is 2.69. The topological polar surface area (TPSA) is 29.9 Å². The second kappa shape index (κ2) is 6.13. The molecule has 24 heavy (non-hydrogen) atoms. The quantitative estimate of drug-likeness (QED) is 0.559. The summed E-state index contributed by atoms with van der Waals surface area (Å²) in [5.41, 5.74) is 6.06. The maximum absolute atomic E-state index is 4.69. The van der Waals surface area contributed by atoms with Crippen molar-refractivity contribution in [1.82, 2.24) is 9.55 Å². The number of aryl methyl sites for hydroxylation is 1. The van der Waals surface area contributed by atoms with Gasteiger partial charge in [-0.05, 0) is 24.1 Å². The molecule has 3 nitrogen and oxygen atoms in total. The molecule has 0 saturated carbocycles. The highest BCUT2D eigenvalue weighted by Crippen LogP contribution is 2.33. The summed E-state index contributed by atoms with van der Waals surface area (Å²) in [6.07, 6.45) is 2.23. The average Bonchev–Trinajstić information content (AvgIpc) is 3.21. The van der Waals surface area contributed by atoms with E-state index in [0.717, 1.165) is 17.4 Å². The third-order valence-electron chi connectivity index (χ3n) is 4.23. The summed E-state index contributed by atoms with van der Waals surface area (Å²) in [5.74, 6) is 0. The number of benzene rings is 2. The highest BCUT2D eigenvalue weighted by Gasteiger charge is 2.13. The predicted octanol–water partition coefficient (Wildman–Crippen LogP) is 5.16. The van der Waals surface area contributed by atoms with Gasteiger partial charge in [-0.25, -0.2) is 4.98 Å². The van der Waals surface area contributed by atoms with Gasteiger partial charge in [-0.1, -0.05) is 42.5 Å². The van der Waals surface area contributed by atoms with Gasteiger partial charge in [0, 0.05) is 41.6 Å². The van der Waals surface area contributed by atoms with Gasteiger partial charge in [0.2, 0.25) is 0 Å². The zero-order chi connectivity index (χ0) is 16.5. The zero-order valence-electron chi connectivity index (χ0n) is 13.8. The van der Waals surface area contributed by atoms with Crippen molar-refractivity contribution in [2.45, 2.75) is 13.5 Å². The minimum Gasteiger partial charge on any atom is -0.365 e. The molecule has 2 aromatic heterocycles. The van der Waals surface area contributed by atoms with E-state index in [1.807, 2.05) is 7.05 Å². The molecule has 4 aromatic rings. The molecule has 120 valence electrons. The second-order valence-electron chi connectivity index (χ2n) is 5.96. The first kappa shape index (κ1) is 15.0. The number of hydrogen-bond donors (Lipinski definition) is 1. The smallest absolute Gasteiger partial charge is 0.182 e. The number of anilines is 1. The molecule has 0 amide bonds. The molecule has 0 unspecified atom stereocenters. The van der Waals surface area contributed by atoms with E-state index in [1.54, 1.807) is 11.3 Å². The summed E-state index contributed by atoms with van der Waals surface area (Å²) in [6, 6.07) is 17.2. The van der Waals surface area contributed by atoms with Crippen molar-refractivity contribution in [3.63, 3.8) is 0 Å². The van der Waals surface area contributed by atoms with E-state index in [0.29, 0.717) is 0 Å². The highest BCUT2D eigenvalue weighted by atomic mass is 32.1. The molecule has 0 atom stereocenters. The van der Waals surface area contributed by atoms with Gasteiger partial charge in [0.25, 0.3) is 0 Å². The highest BCUT2D eigenvalue weighted by molar-refractivity contribution is 7.14. The molecular formula is C20H19N3S. The molecule has 2 heterocycles. The Hall–Kier alpha value is -2.59. The molecule has 1 N–H and O–H groups in total. The maximum atomic E-state index is 4.69. The van der Waals surface area contributed by atoms with Crippen molar-refractivity contribution in [2.24, 2.45) is 0 Å². The van der Waals surface area contributed by atoms with Crippen LogP contribution in [0.4, 0.5) is 5.13 Å². The Morgan fingerprint density at radius 3 is 2.71 bits per heavy atom. The van der Waals surface area contributed by atoms with Gasteiger partial charge in [-0.15, -0.1) is 11.3 Å². The standard InChI is InChI=1S/C20H19N3S/c1-14-8-9-16-17(18-13-24-20(21-2)22-18)12-23(19(16)10-14)11-15-6-4-3-5-7-15/h3-10,12-13H,11H2,1-2H3,(H,21,22). The predicted molar refractivity (Wildman–Crippen MR) is 103 cm³/mol. The van der Waals surface area contributed by atoms with Crippen LogP contribution in [0, 0.1) is 6.92 Å². The van der Waals surface area contributed by atoms with E-state index in [-0.39, 0.29) is 0 Å². The van der Waals surface area contributed by atoms with Crippen LogP contribution >= 0.6 is 11.3 Å². The summed E-state index contributed by atoms with van der Waals surface area (Å²) in [4.78, 5) is 4.69. The second-order valence-corrected chi connectivity index (χ2v) is 6.82. The summed E-state index contributed by atoms with van der Waals surface area (Å²) in [7, 11) is 1.91. The van der Waals surface area contributed by atoms with Crippen molar-refractivity contribution in [1.29, 1.82) is 0 Å². The van der Waals surface area contributed by atoms with Gasteiger partial charge in [-0.3, -0.25) is 0 Å². The molecular weight excluding hydrogens is 314 g/mol. The first-order valence-electron chi connectivity index (χ1n) is 8.01. The van der Waals surface area contributed by atoms with E-state index < -0.39 is 0 Å². The van der Waals surface area contributed by atoms with Crippen LogP contribution in [-0.2, 0) is 6.54 Å². The van der Waals surface area contributed by atoms with Gasteiger partial charge in [0.1, 0.15) is 0 Å². The van der Waals surface area contributed by atoms with E-state index in [1.165, 1.54) is 27.6 Å². The molecule has 0 aliphatic rings. The van der Waals surface area contributed by atoms with Crippen LogP contribution in [0.2, 0.25) is 0 Å². The lowest BCUT2D eigenvalue weighted by Gasteiger charge is -2.06. The Kier molecular flexibility index (Phi) is 3.82. The Balaban J connectivity index is 1.86. The molecule has 4 heteroatoms. The molecule has 0 saturated heterocycles. The Labute approximate surface area is 145 Å². The molecule has 0 spiro atoms. The number of thiazole rings is 1. The van der Waals surface area contributed by atoms with Crippen molar-refractivity contribution in [2.75, 3.05) is 12.4 Å². The number of hydrogen-bond acceptors (Lipinski definition) is 3. The van der Waals surface area contributed by atoms with E-state index in [2.05, 4.69) is 81.9 Å². The summed E-state index contributed by atoms with van der Waals surface area (Å²) in [5, 5.41) is 7.44. The van der Waals surface area contributed by atoms with E-state index in [9.17, 15) is 0 Å². The number of rotatable bonds is 4. The zero-order valence-corrected chi connectivity index (χ0v) is 14.6. The van der Waals surface area contributed by atoms with Crippen LogP contribution in [0.15, 0.2) is 60.1 Å². The van der Waals surface area contributed by atoms with Gasteiger partial charge in [0.15, 0.2) is 5.13 Å². The van der Waals surface area contributed by atoms with Crippen LogP contribution in [0.5, 0.6) is 0 Å². The third-order valence-corrected chi connectivity index (χ3v) is 5.09. The lowest BCUT2D eigenvalue weighted by molar-refractivity contribution is 0.837. The fourth-order valence-electron chi connectivity index (χ4n) is 3.03. The number of aromatic nitrogens is 2. The Morgan fingerprint density at radius 1 is 1.12 bits per heavy atom. The molecule has 0 radical (unpaired) electrons. The molecule has 0 aliphatic heterocycles. The van der Waals surface area contributed by atoms with Crippen molar-refractivity contribution < 1.29 is 0 Å². The number of fused-ring (bicyclic) bond motifs is 1. The normalized spacial score (nSPS) is 11.1. The van der Waals surface area contributed by atoms with Crippen molar-refractivity contribution >= 4 is 27.4 Å². The van der Waals surface area contributed by atoms with Gasteiger partial charge < -0.3 is 9.88 Å². The van der Waals surface area contributed by atoms with Crippen molar-refractivity contribution in [3.8, 4) is 11.3 Å². The minimum atomic E-state index is 0.865. The Morgan fingerprint density at radius 2 is 1.96 bits per heavy atom. The monoisotopic (exact) mass is 333 g/mol. The fraction of sp³-hybridized carbons (Fsp3) is 0.150. The Bertz CT molecular complexity index is 983. The van der Waals surface area contributed by atoms with Crippen LogP contribution in [0.25, 0.3) is 22.2 Å². The lowest BCUT2D eigenvalue weighted by Crippen LogP contribution is -1.97. The molecule has 0 fully saturated rings. The average molecular weight is 333 g/mol. The molecule has 2 aromatic carbocycles. The van der Waals surface area contributed by atoms with Crippen LogP contribution in [0.3, 0.4) is 0 Å². The van der Waals surface area contributed by atoms with Crippen molar-refractivity contribution in [3.05, 3.63) is 71.2 Å². The maximum Gasteiger partial charge on any atom is 0.182 e. The largest absolute Gasteiger partial charge is 0.365 e. The van der Waals surface area contributed by atoms with E-state index in [4.69, 9.17) is 0 Å².